The Balaban J connectivity index is 3.36. The number of rotatable bonds is 5. The number of aliphatic hydroxyl groups excluding tert-OH is 1. The third-order valence-electron chi connectivity index (χ3n) is 2.78. The highest BCUT2D eigenvalue weighted by Gasteiger charge is 2.26. The molecule has 0 unspecified atom stereocenters. The van der Waals surface area contributed by atoms with E-state index in [2.05, 4.69) is 11.8 Å². The lowest BCUT2D eigenvalue weighted by Gasteiger charge is -2.23. The topological polar surface area (TPSA) is 57.6 Å². The van der Waals surface area contributed by atoms with Crippen molar-refractivity contribution < 1.29 is 17.9 Å². The molecule has 0 aliphatic heterocycles. The minimum absolute atomic E-state index is 0.0349. The van der Waals surface area contributed by atoms with E-state index in [9.17, 15) is 12.8 Å². The van der Waals surface area contributed by atoms with E-state index >= 15 is 0 Å². The van der Waals surface area contributed by atoms with Gasteiger partial charge >= 0.3 is 0 Å². The van der Waals surface area contributed by atoms with Crippen LogP contribution in [0.2, 0.25) is 0 Å². The van der Waals surface area contributed by atoms with Crippen molar-refractivity contribution in [1.82, 2.24) is 4.31 Å². The number of halogens is 1. The van der Waals surface area contributed by atoms with E-state index in [0.29, 0.717) is 13.1 Å². The molecule has 116 valence electrons. The third kappa shape index (κ3) is 4.53. The number of sulfonamides is 1. The fourth-order valence-corrected chi connectivity index (χ4v) is 3.64. The second kappa shape index (κ2) is 7.55. The van der Waals surface area contributed by atoms with Crippen molar-refractivity contribution in [2.24, 2.45) is 5.92 Å². The number of nitrogens with zero attached hydrogens (tertiary/aromatic N) is 1. The minimum Gasteiger partial charge on any atom is -0.384 e. The summed E-state index contributed by atoms with van der Waals surface area (Å²) in [4.78, 5) is -0.0349. The van der Waals surface area contributed by atoms with Gasteiger partial charge < -0.3 is 5.11 Å². The summed E-state index contributed by atoms with van der Waals surface area (Å²) in [5.74, 6) is 4.46. The molecule has 0 aliphatic carbocycles. The number of benzene rings is 1. The summed E-state index contributed by atoms with van der Waals surface area (Å²) in [5, 5.41) is 8.74. The van der Waals surface area contributed by atoms with Gasteiger partial charge in [0.2, 0.25) is 10.0 Å². The van der Waals surface area contributed by atoms with Gasteiger partial charge in [0.1, 0.15) is 12.4 Å². The normalized spacial score (nSPS) is 11.6. The van der Waals surface area contributed by atoms with Crippen molar-refractivity contribution in [1.29, 1.82) is 0 Å². The van der Waals surface area contributed by atoms with Gasteiger partial charge in [0, 0.05) is 18.7 Å². The molecule has 0 aliphatic rings. The first-order valence-corrected chi connectivity index (χ1v) is 8.16. The zero-order chi connectivity index (χ0) is 16.0. The van der Waals surface area contributed by atoms with Crippen molar-refractivity contribution in [2.45, 2.75) is 25.7 Å². The molecular weight excluding hydrogens is 293 g/mol. The molecule has 0 atom stereocenters. The first-order valence-electron chi connectivity index (χ1n) is 6.72. The molecule has 0 amide bonds. The monoisotopic (exact) mass is 313 g/mol. The molecule has 1 aromatic carbocycles. The van der Waals surface area contributed by atoms with E-state index in [1.807, 2.05) is 13.8 Å². The Morgan fingerprint density at radius 3 is 2.57 bits per heavy atom. The van der Waals surface area contributed by atoms with Crippen LogP contribution in [0.5, 0.6) is 0 Å². The summed E-state index contributed by atoms with van der Waals surface area (Å²) < 4.78 is 40.0. The van der Waals surface area contributed by atoms with Crippen LogP contribution in [0.4, 0.5) is 4.39 Å². The first kappa shape index (κ1) is 17.6. The molecule has 1 aromatic rings. The van der Waals surface area contributed by atoms with Crippen molar-refractivity contribution in [2.75, 3.05) is 19.7 Å². The maximum absolute atomic E-state index is 13.3. The predicted octanol–water partition coefficient (Wildman–Crippen LogP) is 1.84. The van der Waals surface area contributed by atoms with E-state index < -0.39 is 22.4 Å². The molecule has 6 heteroatoms. The van der Waals surface area contributed by atoms with Crippen molar-refractivity contribution in [3.8, 4) is 11.8 Å². The van der Waals surface area contributed by atoms with Crippen molar-refractivity contribution in [3.63, 3.8) is 0 Å². The zero-order valence-electron chi connectivity index (χ0n) is 12.4. The van der Waals surface area contributed by atoms with Gasteiger partial charge in [-0.1, -0.05) is 32.6 Å². The molecule has 0 saturated heterocycles. The Hall–Kier alpha value is -1.42. The lowest BCUT2D eigenvalue weighted by molar-refractivity contribution is 0.350. The van der Waals surface area contributed by atoms with Crippen LogP contribution in [-0.4, -0.2) is 37.5 Å². The Morgan fingerprint density at radius 1 is 1.38 bits per heavy atom. The summed E-state index contributed by atoms with van der Waals surface area (Å²) in [6.45, 7) is 5.89. The lowest BCUT2D eigenvalue weighted by Crippen LogP contribution is -2.34. The Labute approximate surface area is 125 Å². The molecule has 1 N–H and O–H groups in total. The molecule has 1 rings (SSSR count). The largest absolute Gasteiger partial charge is 0.384 e. The van der Waals surface area contributed by atoms with Gasteiger partial charge in [-0.2, -0.15) is 4.31 Å². The maximum atomic E-state index is 13.3. The standard InChI is InChI=1S/C15H20FNO3S/c1-4-17(11-12(2)3)21(19,20)15-8-7-14(16)10-13(15)6-5-9-18/h7-8,10,12,18H,4,9,11H2,1-3H3. The van der Waals surface area contributed by atoms with Gasteiger partial charge in [0.25, 0.3) is 0 Å². The summed E-state index contributed by atoms with van der Waals surface area (Å²) in [7, 11) is -3.74. The Morgan fingerprint density at radius 2 is 2.05 bits per heavy atom. The van der Waals surface area contributed by atoms with Crippen LogP contribution in [0, 0.1) is 23.6 Å². The third-order valence-corrected chi connectivity index (χ3v) is 4.78. The van der Waals surface area contributed by atoms with Gasteiger partial charge in [-0.3, -0.25) is 0 Å². The molecule has 0 heterocycles. The highest BCUT2D eigenvalue weighted by Crippen LogP contribution is 2.21. The van der Waals surface area contributed by atoms with E-state index in [1.165, 1.54) is 10.4 Å². The summed E-state index contributed by atoms with van der Waals surface area (Å²) >= 11 is 0. The second-order valence-corrected chi connectivity index (χ2v) is 6.86. The molecule has 0 radical (unpaired) electrons. The summed E-state index contributed by atoms with van der Waals surface area (Å²) in [6, 6.07) is 3.38. The van der Waals surface area contributed by atoms with E-state index in [0.717, 1.165) is 12.1 Å². The fraction of sp³-hybridized carbons (Fsp3) is 0.467. The Kier molecular flexibility index (Phi) is 6.34. The van der Waals surface area contributed by atoms with Gasteiger partial charge in [-0.15, -0.1) is 0 Å². The van der Waals surface area contributed by atoms with Crippen LogP contribution < -0.4 is 0 Å². The molecule has 0 fully saturated rings. The van der Waals surface area contributed by atoms with Crippen LogP contribution >= 0.6 is 0 Å². The average Bonchev–Trinajstić information content (AvgIpc) is 2.41. The maximum Gasteiger partial charge on any atom is 0.244 e. The molecular formula is C15H20FNO3S. The smallest absolute Gasteiger partial charge is 0.244 e. The molecule has 0 saturated carbocycles. The highest BCUT2D eigenvalue weighted by molar-refractivity contribution is 7.89. The fourth-order valence-electron chi connectivity index (χ4n) is 1.90. The van der Waals surface area contributed by atoms with Crippen molar-refractivity contribution in [3.05, 3.63) is 29.6 Å². The minimum atomic E-state index is -3.74. The predicted molar refractivity (Wildman–Crippen MR) is 79.6 cm³/mol. The number of hydrogen-bond acceptors (Lipinski definition) is 3. The molecule has 21 heavy (non-hydrogen) atoms. The summed E-state index contributed by atoms with van der Waals surface area (Å²) in [6.07, 6.45) is 0. The van der Waals surface area contributed by atoms with Crippen LogP contribution in [0.15, 0.2) is 23.1 Å². The van der Waals surface area contributed by atoms with Crippen molar-refractivity contribution >= 4 is 10.0 Å². The Bertz CT molecular complexity index is 645. The molecule has 0 aromatic heterocycles. The van der Waals surface area contributed by atoms with E-state index in [4.69, 9.17) is 5.11 Å². The quantitative estimate of drug-likeness (QED) is 0.844. The molecule has 4 nitrogen and oxygen atoms in total. The number of hydrogen-bond donors (Lipinski definition) is 1. The number of aliphatic hydroxyl groups is 1. The zero-order valence-corrected chi connectivity index (χ0v) is 13.2. The molecule has 0 spiro atoms. The van der Waals surface area contributed by atoms with Crippen LogP contribution in [0.3, 0.4) is 0 Å². The SMILES string of the molecule is CCN(CC(C)C)S(=O)(=O)c1ccc(F)cc1C#CCO. The second-order valence-electron chi connectivity index (χ2n) is 4.95. The van der Waals surface area contributed by atoms with Gasteiger partial charge in [0.05, 0.1) is 4.90 Å². The van der Waals surface area contributed by atoms with Gasteiger partial charge in [0.15, 0.2) is 0 Å². The lowest BCUT2D eigenvalue weighted by atomic mass is 10.2. The van der Waals surface area contributed by atoms with Crippen LogP contribution in [-0.2, 0) is 10.0 Å². The molecule has 0 bridgehead atoms. The first-order chi connectivity index (χ1) is 9.82. The van der Waals surface area contributed by atoms with Gasteiger partial charge in [-0.05, 0) is 24.1 Å². The summed E-state index contributed by atoms with van der Waals surface area (Å²) in [5.41, 5.74) is 0.0613. The van der Waals surface area contributed by atoms with Crippen LogP contribution in [0.25, 0.3) is 0 Å². The van der Waals surface area contributed by atoms with Crippen LogP contribution in [0.1, 0.15) is 26.3 Å². The average molecular weight is 313 g/mol. The van der Waals surface area contributed by atoms with Gasteiger partial charge in [-0.25, -0.2) is 12.8 Å². The van der Waals surface area contributed by atoms with E-state index in [-0.39, 0.29) is 16.4 Å². The van der Waals surface area contributed by atoms with E-state index in [1.54, 1.807) is 6.92 Å². The highest BCUT2D eigenvalue weighted by atomic mass is 32.2.